The molecule has 1 aliphatic rings. The zero-order chi connectivity index (χ0) is 13.0. The number of aromatic carboxylic acids is 1. The normalized spacial score (nSPS) is 13.9. The highest BCUT2D eigenvalue weighted by molar-refractivity contribution is 8.13. The van der Waals surface area contributed by atoms with Gasteiger partial charge in [-0.3, -0.25) is 10.7 Å². The molecule has 2 aromatic rings. The van der Waals surface area contributed by atoms with E-state index in [1.807, 2.05) is 24.3 Å². The molecule has 1 aromatic heterocycles. The van der Waals surface area contributed by atoms with Crippen molar-refractivity contribution in [1.29, 1.82) is 0 Å². The van der Waals surface area contributed by atoms with Crippen LogP contribution in [-0.2, 0) is 0 Å². The van der Waals surface area contributed by atoms with Crippen LogP contribution in [0.2, 0.25) is 0 Å². The minimum atomic E-state index is -1.17. The molecule has 0 atom stereocenters. The Balaban J connectivity index is 0.000000169. The van der Waals surface area contributed by atoms with Crippen molar-refractivity contribution in [2.24, 2.45) is 5.73 Å². The number of carboxylic acids is 1. The number of benzene rings is 1. The molecule has 0 fully saturated rings. The van der Waals surface area contributed by atoms with Crippen LogP contribution in [0.5, 0.6) is 0 Å². The molecule has 0 aliphatic carbocycles. The summed E-state index contributed by atoms with van der Waals surface area (Å²) in [5, 5.41) is 12.2. The molecule has 1 aromatic carbocycles. The molecule has 2 heterocycles. The van der Waals surface area contributed by atoms with E-state index in [2.05, 4.69) is 9.98 Å². The van der Waals surface area contributed by atoms with E-state index in [0.717, 1.165) is 28.4 Å². The molecular formula is C12H13N3O2S. The zero-order valence-corrected chi connectivity index (χ0v) is 10.4. The number of para-hydroxylation sites is 1. The fourth-order valence-corrected chi connectivity index (χ4v) is 2.20. The van der Waals surface area contributed by atoms with Gasteiger partial charge in [0, 0.05) is 16.7 Å². The number of aromatic amines is 1. The number of fused-ring (bicyclic) bond motifs is 1. The van der Waals surface area contributed by atoms with Crippen molar-refractivity contribution in [3.63, 3.8) is 0 Å². The maximum absolute atomic E-state index is 10.4. The number of H-pyrrole nitrogens is 1. The van der Waals surface area contributed by atoms with Gasteiger partial charge in [0.1, 0.15) is 0 Å². The molecule has 1 aliphatic heterocycles. The van der Waals surface area contributed by atoms with Crippen LogP contribution in [-0.4, -0.2) is 28.4 Å². The number of aromatic nitrogens is 1. The monoisotopic (exact) mass is 263 g/mol. The van der Waals surface area contributed by atoms with E-state index in [-0.39, 0.29) is 5.69 Å². The minimum Gasteiger partial charge on any atom is -0.543 e. The van der Waals surface area contributed by atoms with Gasteiger partial charge in [-0.05, 0) is 23.9 Å². The van der Waals surface area contributed by atoms with Gasteiger partial charge >= 0.3 is 5.17 Å². The molecule has 0 bridgehead atoms. The van der Waals surface area contributed by atoms with Crippen molar-refractivity contribution in [1.82, 2.24) is 4.98 Å². The van der Waals surface area contributed by atoms with Gasteiger partial charge in [-0.25, -0.2) is 0 Å². The Morgan fingerprint density at radius 3 is 2.72 bits per heavy atom. The summed E-state index contributed by atoms with van der Waals surface area (Å²) in [4.78, 5) is 16.1. The van der Waals surface area contributed by atoms with E-state index in [0.29, 0.717) is 0 Å². The Morgan fingerprint density at radius 2 is 2.22 bits per heavy atom. The summed E-state index contributed by atoms with van der Waals surface area (Å²) in [5.74, 6) is -0.0440. The van der Waals surface area contributed by atoms with Crippen LogP contribution >= 0.6 is 11.8 Å². The molecule has 0 amide bonds. The average molecular weight is 263 g/mol. The Labute approximate surface area is 108 Å². The van der Waals surface area contributed by atoms with Crippen LogP contribution in [0.4, 0.5) is 0 Å². The molecule has 94 valence electrons. The molecule has 5 nitrogen and oxygen atoms in total. The first kappa shape index (κ1) is 12.5. The topological polar surface area (TPSA) is 95.9 Å². The molecule has 18 heavy (non-hydrogen) atoms. The Hall–Kier alpha value is -1.95. The average Bonchev–Trinajstić information content (AvgIpc) is 2.97. The van der Waals surface area contributed by atoms with Gasteiger partial charge in [-0.1, -0.05) is 18.2 Å². The van der Waals surface area contributed by atoms with Crippen LogP contribution in [0, 0.1) is 0 Å². The van der Waals surface area contributed by atoms with E-state index in [4.69, 9.17) is 5.73 Å². The number of nitrogens with two attached hydrogens (primary N) is 1. The highest BCUT2D eigenvalue weighted by Crippen LogP contribution is 2.13. The van der Waals surface area contributed by atoms with Crippen LogP contribution in [0.25, 0.3) is 10.9 Å². The standard InChI is InChI=1S/C9H7NO2.C3H6N2S/c11-9(12)8-5-6-3-1-2-4-7(6)10-8;4-3-5-1-2-6-3/h1-5,10H,(H,11,12);1-2H2,(H2,4,5). The first-order valence-electron chi connectivity index (χ1n) is 5.45. The Bertz CT molecular complexity index is 559. The maximum Gasteiger partial charge on any atom is 0.302 e. The fourth-order valence-electron chi connectivity index (χ4n) is 1.57. The van der Waals surface area contributed by atoms with Crippen LogP contribution in [0.1, 0.15) is 10.5 Å². The number of carboxylic acid groups (broad SMARTS) is 1. The second-order valence-electron chi connectivity index (χ2n) is 3.70. The summed E-state index contributed by atoms with van der Waals surface area (Å²) in [6.45, 7) is 1.04. The molecule has 0 spiro atoms. The SMILES string of the molecule is NC1=[NH+]CCS1.O=C([O-])c1cc2ccccc2[nH]1. The molecule has 3 rings (SSSR count). The summed E-state index contributed by atoms with van der Waals surface area (Å²) >= 11 is 1.68. The molecule has 6 heteroatoms. The number of hydrogen-bond donors (Lipinski definition) is 3. The predicted molar refractivity (Wildman–Crippen MR) is 70.1 cm³/mol. The van der Waals surface area contributed by atoms with Crippen molar-refractivity contribution >= 4 is 33.8 Å². The third-order valence-corrected chi connectivity index (χ3v) is 3.27. The number of amidine groups is 1. The lowest BCUT2D eigenvalue weighted by Gasteiger charge is -1.93. The Morgan fingerprint density at radius 1 is 1.44 bits per heavy atom. The Kier molecular flexibility index (Phi) is 3.88. The molecule has 0 unspecified atom stereocenters. The number of nitrogens with one attached hydrogen (secondary N) is 2. The van der Waals surface area contributed by atoms with Crippen molar-refractivity contribution in [2.45, 2.75) is 0 Å². The van der Waals surface area contributed by atoms with Gasteiger partial charge in [0.15, 0.2) is 0 Å². The molecular weight excluding hydrogens is 250 g/mol. The zero-order valence-electron chi connectivity index (χ0n) is 9.60. The lowest BCUT2D eigenvalue weighted by Crippen LogP contribution is -2.71. The van der Waals surface area contributed by atoms with Crippen LogP contribution < -0.4 is 15.8 Å². The lowest BCUT2D eigenvalue weighted by molar-refractivity contribution is -0.445. The third-order valence-electron chi connectivity index (χ3n) is 2.41. The third kappa shape index (κ3) is 3.04. The summed E-state index contributed by atoms with van der Waals surface area (Å²) in [6.07, 6.45) is 0. The van der Waals surface area contributed by atoms with Gasteiger partial charge in [-0.15, -0.1) is 0 Å². The second-order valence-corrected chi connectivity index (χ2v) is 4.83. The number of hydrogen-bond acceptors (Lipinski definition) is 4. The van der Waals surface area contributed by atoms with Crippen LogP contribution in [0.3, 0.4) is 0 Å². The molecule has 0 saturated heterocycles. The first-order valence-corrected chi connectivity index (χ1v) is 6.43. The van der Waals surface area contributed by atoms with Crippen LogP contribution in [0.15, 0.2) is 30.3 Å². The van der Waals surface area contributed by atoms with Gasteiger partial charge in [0.25, 0.3) is 0 Å². The largest absolute Gasteiger partial charge is 0.543 e. The number of carbonyl (C=O) groups is 1. The molecule has 4 N–H and O–H groups in total. The van der Waals surface area contributed by atoms with Gasteiger partial charge in [0.05, 0.1) is 18.2 Å². The van der Waals surface area contributed by atoms with Crippen molar-refractivity contribution in [3.05, 3.63) is 36.0 Å². The van der Waals surface area contributed by atoms with E-state index < -0.39 is 5.97 Å². The lowest BCUT2D eigenvalue weighted by atomic mass is 10.2. The highest BCUT2D eigenvalue weighted by Gasteiger charge is 2.04. The smallest absolute Gasteiger partial charge is 0.302 e. The summed E-state index contributed by atoms with van der Waals surface area (Å²) in [7, 11) is 0. The fraction of sp³-hybridized carbons (Fsp3) is 0.167. The van der Waals surface area contributed by atoms with Crippen molar-refractivity contribution < 1.29 is 14.9 Å². The quantitative estimate of drug-likeness (QED) is 0.593. The molecule has 0 radical (unpaired) electrons. The molecule has 0 saturated carbocycles. The number of carbonyl (C=O) groups excluding carboxylic acids is 1. The summed E-state index contributed by atoms with van der Waals surface area (Å²) < 4.78 is 0. The van der Waals surface area contributed by atoms with Crippen molar-refractivity contribution in [2.75, 3.05) is 12.3 Å². The second kappa shape index (κ2) is 5.59. The number of rotatable bonds is 1. The van der Waals surface area contributed by atoms with Gasteiger partial charge < -0.3 is 14.9 Å². The van der Waals surface area contributed by atoms with E-state index in [9.17, 15) is 9.90 Å². The van der Waals surface area contributed by atoms with E-state index in [1.165, 1.54) is 0 Å². The van der Waals surface area contributed by atoms with Crippen molar-refractivity contribution in [3.8, 4) is 0 Å². The minimum absolute atomic E-state index is 0.121. The highest BCUT2D eigenvalue weighted by atomic mass is 32.2. The van der Waals surface area contributed by atoms with Gasteiger partial charge in [-0.2, -0.15) is 0 Å². The summed E-state index contributed by atoms with van der Waals surface area (Å²) in [6, 6.07) is 8.93. The maximum atomic E-state index is 10.4. The van der Waals surface area contributed by atoms with E-state index in [1.54, 1.807) is 17.8 Å². The summed E-state index contributed by atoms with van der Waals surface area (Å²) in [5.41, 5.74) is 6.24. The van der Waals surface area contributed by atoms with E-state index >= 15 is 0 Å². The van der Waals surface area contributed by atoms with Gasteiger partial charge in [0.2, 0.25) is 0 Å². The predicted octanol–water partition coefficient (Wildman–Crippen LogP) is -1.34. The number of thioether (sulfide) groups is 1. The first-order chi connectivity index (χ1) is 8.66.